The first-order valence-corrected chi connectivity index (χ1v) is 8.37. The Kier molecular flexibility index (Phi) is 5.28. The fourth-order valence-electron chi connectivity index (χ4n) is 3.19. The SMILES string of the molecule is COc1ccc(CCC2CCN(Cc3nnc(C)o3)CC2)cc1. The maximum absolute atomic E-state index is 5.46. The van der Waals surface area contributed by atoms with Gasteiger partial charge in [-0.3, -0.25) is 4.90 Å². The Morgan fingerprint density at radius 3 is 2.52 bits per heavy atom. The second-order valence-corrected chi connectivity index (χ2v) is 6.32. The van der Waals surface area contributed by atoms with Crippen LogP contribution in [0.5, 0.6) is 5.75 Å². The largest absolute Gasteiger partial charge is 0.497 e. The lowest BCUT2D eigenvalue weighted by molar-refractivity contribution is 0.159. The van der Waals surface area contributed by atoms with Crippen molar-refractivity contribution in [2.24, 2.45) is 5.92 Å². The zero-order chi connectivity index (χ0) is 16.1. The highest BCUT2D eigenvalue weighted by atomic mass is 16.5. The molecule has 0 unspecified atom stereocenters. The predicted molar refractivity (Wildman–Crippen MR) is 88.4 cm³/mol. The molecule has 1 aliphatic rings. The highest BCUT2D eigenvalue weighted by molar-refractivity contribution is 5.27. The Morgan fingerprint density at radius 1 is 1.17 bits per heavy atom. The fraction of sp³-hybridized carbons (Fsp3) is 0.556. The van der Waals surface area contributed by atoms with E-state index >= 15 is 0 Å². The Bertz CT molecular complexity index is 601. The van der Waals surface area contributed by atoms with E-state index in [1.807, 2.05) is 19.1 Å². The van der Waals surface area contributed by atoms with Crippen molar-refractivity contribution in [2.75, 3.05) is 20.2 Å². The quantitative estimate of drug-likeness (QED) is 0.819. The number of hydrogen-bond acceptors (Lipinski definition) is 5. The summed E-state index contributed by atoms with van der Waals surface area (Å²) in [5.74, 6) is 3.13. The molecule has 1 saturated heterocycles. The minimum atomic E-state index is 0.648. The van der Waals surface area contributed by atoms with Crippen LogP contribution in [0.25, 0.3) is 0 Å². The summed E-state index contributed by atoms with van der Waals surface area (Å²) >= 11 is 0. The standard InChI is InChI=1S/C18H25N3O2/c1-14-19-20-18(23-14)13-21-11-9-16(10-12-21)4-3-15-5-7-17(22-2)8-6-15/h5-8,16H,3-4,9-13H2,1-2H3. The zero-order valence-corrected chi connectivity index (χ0v) is 14.0. The van der Waals surface area contributed by atoms with Gasteiger partial charge >= 0.3 is 0 Å². The fourth-order valence-corrected chi connectivity index (χ4v) is 3.19. The van der Waals surface area contributed by atoms with Crippen LogP contribution in [0, 0.1) is 12.8 Å². The molecule has 1 aromatic heterocycles. The zero-order valence-electron chi connectivity index (χ0n) is 14.0. The molecule has 23 heavy (non-hydrogen) atoms. The first kappa shape index (κ1) is 16.0. The van der Waals surface area contributed by atoms with E-state index in [0.29, 0.717) is 5.89 Å². The summed E-state index contributed by atoms with van der Waals surface area (Å²) in [6, 6.07) is 8.44. The highest BCUT2D eigenvalue weighted by Crippen LogP contribution is 2.24. The summed E-state index contributed by atoms with van der Waals surface area (Å²) in [5, 5.41) is 7.97. The van der Waals surface area contributed by atoms with Gasteiger partial charge in [0.15, 0.2) is 0 Å². The van der Waals surface area contributed by atoms with E-state index in [2.05, 4.69) is 27.2 Å². The van der Waals surface area contributed by atoms with Crippen molar-refractivity contribution >= 4 is 0 Å². The van der Waals surface area contributed by atoms with Gasteiger partial charge < -0.3 is 9.15 Å². The molecule has 0 aliphatic carbocycles. The summed E-state index contributed by atoms with van der Waals surface area (Å²) in [6.07, 6.45) is 4.92. The molecule has 124 valence electrons. The van der Waals surface area contributed by atoms with Gasteiger partial charge in [-0.05, 0) is 62.4 Å². The lowest BCUT2D eigenvalue weighted by Crippen LogP contribution is -2.33. The third-order valence-corrected chi connectivity index (χ3v) is 4.63. The Morgan fingerprint density at radius 2 is 1.91 bits per heavy atom. The third kappa shape index (κ3) is 4.55. The smallest absolute Gasteiger partial charge is 0.230 e. The minimum absolute atomic E-state index is 0.648. The number of benzene rings is 1. The van der Waals surface area contributed by atoms with E-state index in [0.717, 1.165) is 43.6 Å². The van der Waals surface area contributed by atoms with Gasteiger partial charge in [-0.2, -0.15) is 0 Å². The van der Waals surface area contributed by atoms with Crippen LogP contribution in [0.1, 0.15) is 36.6 Å². The molecule has 1 aliphatic heterocycles. The molecule has 0 bridgehead atoms. The van der Waals surface area contributed by atoms with Gasteiger partial charge in [-0.25, -0.2) is 0 Å². The van der Waals surface area contributed by atoms with Crippen molar-refractivity contribution in [1.82, 2.24) is 15.1 Å². The van der Waals surface area contributed by atoms with Crippen LogP contribution >= 0.6 is 0 Å². The Hall–Kier alpha value is -1.88. The van der Waals surface area contributed by atoms with Crippen molar-refractivity contribution in [1.29, 1.82) is 0 Å². The number of hydrogen-bond donors (Lipinski definition) is 0. The van der Waals surface area contributed by atoms with E-state index in [1.165, 1.54) is 24.8 Å². The predicted octanol–water partition coefficient (Wildman–Crippen LogP) is 3.23. The monoisotopic (exact) mass is 315 g/mol. The molecular weight excluding hydrogens is 290 g/mol. The topological polar surface area (TPSA) is 51.4 Å². The van der Waals surface area contributed by atoms with Crippen LogP contribution < -0.4 is 4.74 Å². The normalized spacial score (nSPS) is 16.6. The molecule has 0 spiro atoms. The number of ether oxygens (including phenoxy) is 1. The van der Waals surface area contributed by atoms with Gasteiger partial charge in [-0.15, -0.1) is 10.2 Å². The molecule has 0 radical (unpaired) electrons. The molecule has 3 rings (SSSR count). The molecule has 0 amide bonds. The van der Waals surface area contributed by atoms with Crippen LogP contribution in [-0.4, -0.2) is 35.3 Å². The second-order valence-electron chi connectivity index (χ2n) is 6.32. The summed E-state index contributed by atoms with van der Waals surface area (Å²) in [7, 11) is 1.71. The van der Waals surface area contributed by atoms with Crippen molar-refractivity contribution in [3.8, 4) is 5.75 Å². The number of piperidine rings is 1. The molecule has 0 atom stereocenters. The minimum Gasteiger partial charge on any atom is -0.497 e. The van der Waals surface area contributed by atoms with Crippen LogP contribution in [-0.2, 0) is 13.0 Å². The third-order valence-electron chi connectivity index (χ3n) is 4.63. The van der Waals surface area contributed by atoms with E-state index in [9.17, 15) is 0 Å². The van der Waals surface area contributed by atoms with Gasteiger partial charge in [0.25, 0.3) is 0 Å². The number of nitrogens with zero attached hydrogens (tertiary/aromatic N) is 3. The van der Waals surface area contributed by atoms with Gasteiger partial charge in [0.05, 0.1) is 13.7 Å². The molecule has 1 aromatic carbocycles. The van der Waals surface area contributed by atoms with E-state index < -0.39 is 0 Å². The summed E-state index contributed by atoms with van der Waals surface area (Å²) < 4.78 is 10.7. The lowest BCUT2D eigenvalue weighted by Gasteiger charge is -2.31. The first-order valence-electron chi connectivity index (χ1n) is 8.37. The van der Waals surface area contributed by atoms with Crippen LogP contribution in [0.4, 0.5) is 0 Å². The average Bonchev–Trinajstić information content (AvgIpc) is 2.99. The van der Waals surface area contributed by atoms with Gasteiger partial charge in [-0.1, -0.05) is 12.1 Å². The van der Waals surface area contributed by atoms with E-state index in [1.54, 1.807) is 7.11 Å². The highest BCUT2D eigenvalue weighted by Gasteiger charge is 2.20. The number of methoxy groups -OCH3 is 1. The van der Waals surface area contributed by atoms with Gasteiger partial charge in [0.2, 0.25) is 11.8 Å². The molecule has 0 N–H and O–H groups in total. The number of aryl methyl sites for hydroxylation is 2. The lowest BCUT2D eigenvalue weighted by atomic mass is 9.90. The Labute approximate surface area is 137 Å². The molecule has 2 aromatic rings. The summed E-state index contributed by atoms with van der Waals surface area (Å²) in [6.45, 7) is 4.86. The first-order chi connectivity index (χ1) is 11.2. The van der Waals surface area contributed by atoms with E-state index in [-0.39, 0.29) is 0 Å². The molecule has 5 heteroatoms. The Balaban J connectivity index is 1.40. The molecule has 2 heterocycles. The van der Waals surface area contributed by atoms with Gasteiger partial charge in [0.1, 0.15) is 5.75 Å². The maximum Gasteiger partial charge on any atom is 0.230 e. The number of aromatic nitrogens is 2. The van der Waals surface area contributed by atoms with Crippen LogP contribution in [0.3, 0.4) is 0 Å². The number of likely N-dealkylation sites (tertiary alicyclic amines) is 1. The molecular formula is C18H25N3O2. The van der Waals surface area contributed by atoms with Crippen molar-refractivity contribution in [2.45, 2.75) is 39.2 Å². The molecule has 0 saturated carbocycles. The number of rotatable bonds is 6. The van der Waals surface area contributed by atoms with E-state index in [4.69, 9.17) is 9.15 Å². The molecule has 5 nitrogen and oxygen atoms in total. The average molecular weight is 315 g/mol. The molecule has 1 fully saturated rings. The summed E-state index contributed by atoms with van der Waals surface area (Å²) in [5.41, 5.74) is 1.40. The van der Waals surface area contributed by atoms with Crippen LogP contribution in [0.2, 0.25) is 0 Å². The van der Waals surface area contributed by atoms with Crippen molar-refractivity contribution in [3.63, 3.8) is 0 Å². The van der Waals surface area contributed by atoms with Crippen molar-refractivity contribution < 1.29 is 9.15 Å². The maximum atomic E-state index is 5.46. The summed E-state index contributed by atoms with van der Waals surface area (Å²) in [4.78, 5) is 2.41. The van der Waals surface area contributed by atoms with Crippen LogP contribution in [0.15, 0.2) is 28.7 Å². The second kappa shape index (κ2) is 7.59. The van der Waals surface area contributed by atoms with Crippen molar-refractivity contribution in [3.05, 3.63) is 41.6 Å². The van der Waals surface area contributed by atoms with Gasteiger partial charge in [0, 0.05) is 6.92 Å².